The molecule has 0 spiro atoms. The Morgan fingerprint density at radius 1 is 1.75 bits per heavy atom. The highest BCUT2D eigenvalue weighted by atomic mass is 16.3. The SMILES string of the molecule is C=C(CO)C/C=C/C. The lowest BCUT2D eigenvalue weighted by Crippen LogP contribution is -1.84. The van der Waals surface area contributed by atoms with E-state index in [1.807, 2.05) is 19.1 Å². The highest BCUT2D eigenvalue weighted by molar-refractivity contribution is 5.00. The molecule has 1 nitrogen and oxygen atoms in total. The van der Waals surface area contributed by atoms with Crippen LogP contribution in [0.15, 0.2) is 24.3 Å². The van der Waals surface area contributed by atoms with E-state index >= 15 is 0 Å². The van der Waals surface area contributed by atoms with Gasteiger partial charge in [-0.25, -0.2) is 0 Å². The van der Waals surface area contributed by atoms with Crippen LogP contribution in [0.2, 0.25) is 0 Å². The number of rotatable bonds is 3. The van der Waals surface area contributed by atoms with E-state index in [1.54, 1.807) is 0 Å². The van der Waals surface area contributed by atoms with Gasteiger partial charge in [0.05, 0.1) is 6.61 Å². The Balaban J connectivity index is 3.25. The fourth-order valence-corrected chi connectivity index (χ4v) is 0.349. The van der Waals surface area contributed by atoms with Crippen LogP contribution < -0.4 is 0 Å². The second kappa shape index (κ2) is 4.60. The van der Waals surface area contributed by atoms with Crippen molar-refractivity contribution in [3.8, 4) is 0 Å². The zero-order chi connectivity index (χ0) is 6.41. The van der Waals surface area contributed by atoms with E-state index in [4.69, 9.17) is 5.11 Å². The van der Waals surface area contributed by atoms with Gasteiger partial charge >= 0.3 is 0 Å². The summed E-state index contributed by atoms with van der Waals surface area (Å²) in [5.41, 5.74) is 0.864. The van der Waals surface area contributed by atoms with Crippen LogP contribution in [0.3, 0.4) is 0 Å². The van der Waals surface area contributed by atoms with Crippen LogP contribution in [0.4, 0.5) is 0 Å². The van der Waals surface area contributed by atoms with Crippen LogP contribution in [-0.4, -0.2) is 11.7 Å². The first-order chi connectivity index (χ1) is 3.81. The van der Waals surface area contributed by atoms with Gasteiger partial charge in [-0.05, 0) is 18.9 Å². The van der Waals surface area contributed by atoms with Gasteiger partial charge in [0.2, 0.25) is 0 Å². The molecule has 1 N–H and O–H groups in total. The third-order valence-electron chi connectivity index (χ3n) is 0.866. The highest BCUT2D eigenvalue weighted by Crippen LogP contribution is 1.95. The molecule has 0 aliphatic carbocycles. The molecule has 8 heavy (non-hydrogen) atoms. The summed E-state index contributed by atoms with van der Waals surface area (Å²) in [6.45, 7) is 5.66. The first kappa shape index (κ1) is 7.44. The molecule has 0 aromatic rings. The van der Waals surface area contributed by atoms with Crippen LogP contribution in [0.5, 0.6) is 0 Å². The van der Waals surface area contributed by atoms with Crippen molar-refractivity contribution in [2.24, 2.45) is 0 Å². The Kier molecular flexibility index (Phi) is 4.27. The Morgan fingerprint density at radius 2 is 2.38 bits per heavy atom. The van der Waals surface area contributed by atoms with Gasteiger partial charge in [-0.3, -0.25) is 0 Å². The zero-order valence-electron chi connectivity index (χ0n) is 5.22. The number of aliphatic hydroxyl groups is 1. The van der Waals surface area contributed by atoms with E-state index in [-0.39, 0.29) is 6.61 Å². The number of allylic oxidation sites excluding steroid dienone is 2. The van der Waals surface area contributed by atoms with E-state index in [9.17, 15) is 0 Å². The average molecular weight is 112 g/mol. The number of hydrogen-bond donors (Lipinski definition) is 1. The molecular weight excluding hydrogens is 100 g/mol. The lowest BCUT2D eigenvalue weighted by Gasteiger charge is -1.91. The minimum Gasteiger partial charge on any atom is -0.392 e. The van der Waals surface area contributed by atoms with Crippen LogP contribution in [-0.2, 0) is 0 Å². The monoisotopic (exact) mass is 112 g/mol. The topological polar surface area (TPSA) is 20.2 Å². The second-order valence-electron chi connectivity index (χ2n) is 1.68. The number of hydrogen-bond acceptors (Lipinski definition) is 1. The molecule has 0 aromatic heterocycles. The maximum Gasteiger partial charge on any atom is 0.0642 e. The van der Waals surface area contributed by atoms with Gasteiger partial charge in [-0.2, -0.15) is 0 Å². The lowest BCUT2D eigenvalue weighted by atomic mass is 10.2. The maximum absolute atomic E-state index is 8.43. The molecule has 0 rings (SSSR count). The summed E-state index contributed by atoms with van der Waals surface area (Å²) in [5, 5.41) is 8.43. The smallest absolute Gasteiger partial charge is 0.0642 e. The normalized spacial score (nSPS) is 10.2. The molecule has 1 heteroatoms. The summed E-state index contributed by atoms with van der Waals surface area (Å²) in [6.07, 6.45) is 4.71. The van der Waals surface area contributed by atoms with Gasteiger partial charge < -0.3 is 5.11 Å². The Hall–Kier alpha value is -0.560. The van der Waals surface area contributed by atoms with Crippen molar-refractivity contribution in [3.63, 3.8) is 0 Å². The van der Waals surface area contributed by atoms with Gasteiger partial charge in [0, 0.05) is 0 Å². The average Bonchev–Trinajstić information content (AvgIpc) is 1.83. The summed E-state index contributed by atoms with van der Waals surface area (Å²) < 4.78 is 0. The quantitative estimate of drug-likeness (QED) is 0.548. The summed E-state index contributed by atoms with van der Waals surface area (Å²) in [6, 6.07) is 0. The fraction of sp³-hybridized carbons (Fsp3) is 0.429. The minimum absolute atomic E-state index is 0.102. The van der Waals surface area contributed by atoms with Crippen molar-refractivity contribution >= 4 is 0 Å². The standard InChI is InChI=1S/C7H12O/c1-3-4-5-7(2)6-8/h3-4,8H,2,5-6H2,1H3/b4-3+. The Bertz CT molecular complexity index is 92.6. The molecule has 0 saturated carbocycles. The molecule has 0 radical (unpaired) electrons. The molecular formula is C7H12O. The van der Waals surface area contributed by atoms with Crippen molar-refractivity contribution in [3.05, 3.63) is 24.3 Å². The van der Waals surface area contributed by atoms with Gasteiger partial charge in [-0.1, -0.05) is 18.7 Å². The maximum atomic E-state index is 8.43. The Labute approximate surface area is 50.3 Å². The summed E-state index contributed by atoms with van der Waals surface area (Å²) >= 11 is 0. The molecule has 46 valence electrons. The van der Waals surface area contributed by atoms with Gasteiger partial charge in [0.1, 0.15) is 0 Å². The van der Waals surface area contributed by atoms with E-state index in [1.165, 1.54) is 0 Å². The first-order valence-corrected chi connectivity index (χ1v) is 2.70. The van der Waals surface area contributed by atoms with E-state index in [0.29, 0.717) is 0 Å². The lowest BCUT2D eigenvalue weighted by molar-refractivity contribution is 0.329. The number of aliphatic hydroxyl groups excluding tert-OH is 1. The van der Waals surface area contributed by atoms with Crippen LogP contribution in [0.25, 0.3) is 0 Å². The largest absolute Gasteiger partial charge is 0.392 e. The second-order valence-corrected chi connectivity index (χ2v) is 1.68. The van der Waals surface area contributed by atoms with Crippen molar-refractivity contribution in [1.29, 1.82) is 0 Å². The van der Waals surface area contributed by atoms with E-state index in [2.05, 4.69) is 6.58 Å². The van der Waals surface area contributed by atoms with Crippen LogP contribution in [0.1, 0.15) is 13.3 Å². The highest BCUT2D eigenvalue weighted by Gasteiger charge is 1.82. The van der Waals surface area contributed by atoms with Gasteiger partial charge in [-0.15, -0.1) is 0 Å². The molecule has 0 aliphatic rings. The molecule has 0 aliphatic heterocycles. The third-order valence-corrected chi connectivity index (χ3v) is 0.866. The van der Waals surface area contributed by atoms with Crippen molar-refractivity contribution < 1.29 is 5.11 Å². The summed E-state index contributed by atoms with van der Waals surface area (Å²) in [5.74, 6) is 0. The first-order valence-electron chi connectivity index (χ1n) is 2.70. The molecule has 0 saturated heterocycles. The molecule has 0 unspecified atom stereocenters. The molecule has 0 aromatic carbocycles. The van der Waals surface area contributed by atoms with Crippen molar-refractivity contribution in [2.45, 2.75) is 13.3 Å². The van der Waals surface area contributed by atoms with Crippen molar-refractivity contribution in [2.75, 3.05) is 6.61 Å². The summed E-state index contributed by atoms with van der Waals surface area (Å²) in [4.78, 5) is 0. The van der Waals surface area contributed by atoms with Crippen LogP contribution in [0, 0.1) is 0 Å². The summed E-state index contributed by atoms with van der Waals surface area (Å²) in [7, 11) is 0. The Morgan fingerprint density at radius 3 is 2.75 bits per heavy atom. The van der Waals surface area contributed by atoms with Crippen LogP contribution >= 0.6 is 0 Å². The minimum atomic E-state index is 0.102. The zero-order valence-corrected chi connectivity index (χ0v) is 5.22. The predicted molar refractivity (Wildman–Crippen MR) is 35.7 cm³/mol. The van der Waals surface area contributed by atoms with Gasteiger partial charge in [0.25, 0.3) is 0 Å². The molecule has 0 fully saturated rings. The predicted octanol–water partition coefficient (Wildman–Crippen LogP) is 1.50. The van der Waals surface area contributed by atoms with E-state index in [0.717, 1.165) is 12.0 Å². The molecule has 0 bridgehead atoms. The van der Waals surface area contributed by atoms with Gasteiger partial charge in [0.15, 0.2) is 0 Å². The van der Waals surface area contributed by atoms with E-state index < -0.39 is 0 Å². The van der Waals surface area contributed by atoms with Crippen molar-refractivity contribution in [1.82, 2.24) is 0 Å². The molecule has 0 atom stereocenters. The fourth-order valence-electron chi connectivity index (χ4n) is 0.349. The molecule has 0 amide bonds. The molecule has 0 heterocycles. The third kappa shape index (κ3) is 3.62.